The Labute approximate surface area is 202 Å². The number of carbonyl (C=O) groups excluding carboxylic acids is 1. The van der Waals surface area contributed by atoms with Crippen LogP contribution in [0.15, 0.2) is 87.5 Å². The van der Waals surface area contributed by atoms with Gasteiger partial charge in [-0.2, -0.15) is 0 Å². The highest BCUT2D eigenvalue weighted by atomic mass is 32.2. The van der Waals surface area contributed by atoms with Crippen molar-refractivity contribution >= 4 is 32.3 Å². The normalized spacial score (nSPS) is 11.3. The number of hydrogen-bond acceptors (Lipinski definition) is 6. The number of aryl methyl sites for hydroxylation is 1. The van der Waals surface area contributed by atoms with Gasteiger partial charge in [0.15, 0.2) is 0 Å². The maximum atomic E-state index is 13.3. The highest BCUT2D eigenvalue weighted by Gasteiger charge is 2.24. The van der Waals surface area contributed by atoms with Gasteiger partial charge in [-0.05, 0) is 31.2 Å². The fourth-order valence-electron chi connectivity index (χ4n) is 3.77. The van der Waals surface area contributed by atoms with E-state index in [1.165, 1.54) is 37.1 Å². The monoisotopic (exact) mass is 492 g/mol. The van der Waals surface area contributed by atoms with Crippen molar-refractivity contribution in [2.75, 3.05) is 19.5 Å². The predicted molar refractivity (Wildman–Crippen MR) is 133 cm³/mol. The zero-order chi connectivity index (χ0) is 25.2. The molecule has 4 rings (SSSR count). The van der Waals surface area contributed by atoms with Gasteiger partial charge in [-0.15, -0.1) is 0 Å². The first kappa shape index (κ1) is 24.0. The van der Waals surface area contributed by atoms with Crippen molar-refractivity contribution in [3.63, 3.8) is 0 Å². The highest BCUT2D eigenvalue weighted by Crippen LogP contribution is 2.26. The van der Waals surface area contributed by atoms with Gasteiger partial charge in [0.05, 0.1) is 24.6 Å². The van der Waals surface area contributed by atoms with Gasteiger partial charge < -0.3 is 19.4 Å². The quantitative estimate of drug-likeness (QED) is 0.421. The fraction of sp³-hybridized carbons (Fsp3) is 0.154. The summed E-state index contributed by atoms with van der Waals surface area (Å²) in [4.78, 5) is 25.8. The lowest BCUT2D eigenvalue weighted by Crippen LogP contribution is -2.24. The van der Waals surface area contributed by atoms with E-state index in [0.29, 0.717) is 22.7 Å². The summed E-state index contributed by atoms with van der Waals surface area (Å²) in [6.45, 7) is 1.58. The van der Waals surface area contributed by atoms with Crippen LogP contribution in [-0.2, 0) is 21.2 Å². The number of sulfone groups is 1. The van der Waals surface area contributed by atoms with Gasteiger partial charge in [0.25, 0.3) is 0 Å². The van der Waals surface area contributed by atoms with Gasteiger partial charge in [0, 0.05) is 35.5 Å². The molecular formula is C26H24N2O6S. The zero-order valence-corrected chi connectivity index (χ0v) is 20.3. The van der Waals surface area contributed by atoms with E-state index in [9.17, 15) is 18.0 Å². The number of aromatic nitrogens is 1. The molecule has 0 fully saturated rings. The topological polar surface area (TPSA) is 104 Å². The van der Waals surface area contributed by atoms with Crippen molar-refractivity contribution in [2.45, 2.75) is 23.3 Å². The highest BCUT2D eigenvalue weighted by molar-refractivity contribution is 7.91. The number of carbonyl (C=O) groups is 1. The molecule has 1 amide bonds. The first-order valence-corrected chi connectivity index (χ1v) is 12.2. The van der Waals surface area contributed by atoms with E-state index in [4.69, 9.17) is 9.47 Å². The Morgan fingerprint density at radius 2 is 1.60 bits per heavy atom. The molecule has 0 bridgehead atoms. The number of nitrogens with zero attached hydrogens (tertiary/aromatic N) is 1. The Morgan fingerprint density at radius 1 is 0.943 bits per heavy atom. The van der Waals surface area contributed by atoms with Gasteiger partial charge in [-0.25, -0.2) is 8.42 Å². The lowest BCUT2D eigenvalue weighted by Gasteiger charge is -2.15. The van der Waals surface area contributed by atoms with Crippen LogP contribution in [0.1, 0.15) is 5.56 Å². The van der Waals surface area contributed by atoms with Gasteiger partial charge in [0.1, 0.15) is 22.9 Å². The third kappa shape index (κ3) is 4.90. The number of ether oxygens (including phenoxy) is 2. The maximum absolute atomic E-state index is 13.3. The van der Waals surface area contributed by atoms with Crippen molar-refractivity contribution in [1.29, 1.82) is 0 Å². The number of rotatable bonds is 7. The number of methoxy groups -OCH3 is 2. The minimum absolute atomic E-state index is 0.00332. The van der Waals surface area contributed by atoms with Crippen LogP contribution in [0.3, 0.4) is 0 Å². The molecule has 4 aromatic rings. The molecule has 0 saturated carbocycles. The van der Waals surface area contributed by atoms with Gasteiger partial charge >= 0.3 is 0 Å². The number of pyridine rings is 1. The number of hydrogen-bond donors (Lipinski definition) is 1. The summed E-state index contributed by atoms with van der Waals surface area (Å²) in [5.74, 6) is 0.578. The summed E-state index contributed by atoms with van der Waals surface area (Å²) < 4.78 is 38.6. The van der Waals surface area contributed by atoms with Crippen molar-refractivity contribution < 1.29 is 22.7 Å². The van der Waals surface area contributed by atoms with Crippen LogP contribution in [0.5, 0.6) is 11.5 Å². The van der Waals surface area contributed by atoms with Gasteiger partial charge in [-0.3, -0.25) is 9.59 Å². The SMILES string of the molecule is COc1cc(NC(=O)Cn2cc(S(=O)(=O)c3ccccc3)c(=O)c3cc(C)ccc32)cc(OC)c1. The predicted octanol–water partition coefficient (Wildman–Crippen LogP) is 3.80. The van der Waals surface area contributed by atoms with Crippen LogP contribution >= 0.6 is 0 Å². The number of amides is 1. The van der Waals surface area contributed by atoms with E-state index in [-0.39, 0.29) is 16.8 Å². The van der Waals surface area contributed by atoms with Crippen LogP contribution in [0.2, 0.25) is 0 Å². The summed E-state index contributed by atoms with van der Waals surface area (Å²) >= 11 is 0. The number of benzene rings is 3. The smallest absolute Gasteiger partial charge is 0.244 e. The van der Waals surface area contributed by atoms with Crippen LogP contribution in [-0.4, -0.2) is 33.1 Å². The Morgan fingerprint density at radius 3 is 2.23 bits per heavy atom. The van der Waals surface area contributed by atoms with Crippen molar-refractivity contribution in [1.82, 2.24) is 4.57 Å². The molecule has 3 aromatic carbocycles. The van der Waals surface area contributed by atoms with E-state index in [1.54, 1.807) is 54.6 Å². The summed E-state index contributed by atoms with van der Waals surface area (Å²) in [7, 11) is -1.10. The van der Waals surface area contributed by atoms with Gasteiger partial charge in [-0.1, -0.05) is 29.8 Å². The third-order valence-electron chi connectivity index (χ3n) is 5.50. The molecule has 0 aliphatic heterocycles. The summed E-state index contributed by atoms with van der Waals surface area (Å²) in [6, 6.07) is 17.8. The summed E-state index contributed by atoms with van der Waals surface area (Å²) in [5.41, 5.74) is 1.08. The molecule has 0 radical (unpaired) electrons. The Balaban J connectivity index is 1.78. The van der Waals surface area contributed by atoms with Crippen LogP contribution in [0.25, 0.3) is 10.9 Å². The first-order valence-electron chi connectivity index (χ1n) is 10.7. The average Bonchev–Trinajstić information content (AvgIpc) is 2.85. The second-order valence-electron chi connectivity index (χ2n) is 7.94. The molecule has 0 spiro atoms. The maximum Gasteiger partial charge on any atom is 0.244 e. The van der Waals surface area contributed by atoms with Crippen molar-refractivity contribution in [3.8, 4) is 11.5 Å². The molecule has 0 unspecified atom stereocenters. The van der Waals surface area contributed by atoms with Crippen molar-refractivity contribution in [2.24, 2.45) is 0 Å². The van der Waals surface area contributed by atoms with Crippen LogP contribution in [0.4, 0.5) is 5.69 Å². The number of nitrogens with one attached hydrogen (secondary N) is 1. The van der Waals surface area contributed by atoms with Gasteiger partial charge in [0.2, 0.25) is 21.2 Å². The zero-order valence-electron chi connectivity index (χ0n) is 19.4. The molecule has 9 heteroatoms. The van der Waals surface area contributed by atoms with E-state index >= 15 is 0 Å². The molecule has 1 aromatic heterocycles. The van der Waals surface area contributed by atoms with Crippen molar-refractivity contribution in [3.05, 3.63) is 88.7 Å². The fourth-order valence-corrected chi connectivity index (χ4v) is 5.16. The summed E-state index contributed by atoms with van der Waals surface area (Å²) in [6.07, 6.45) is 1.23. The first-order chi connectivity index (χ1) is 16.7. The molecule has 8 nitrogen and oxygen atoms in total. The van der Waals surface area contributed by atoms with E-state index < -0.39 is 26.1 Å². The minimum Gasteiger partial charge on any atom is -0.497 e. The standard InChI is InChI=1S/C26H24N2O6S/c1-17-9-10-23-22(11-17)26(30)24(35(31,32)21-7-5-4-6-8-21)15-28(23)16-25(29)27-18-12-19(33-2)14-20(13-18)34-3/h4-15H,16H2,1-3H3,(H,27,29). The Hall–Kier alpha value is -4.11. The molecule has 0 aliphatic rings. The Bertz CT molecular complexity index is 1560. The molecule has 35 heavy (non-hydrogen) atoms. The van der Waals surface area contributed by atoms with E-state index in [0.717, 1.165) is 5.56 Å². The molecule has 0 aliphatic carbocycles. The second-order valence-corrected chi connectivity index (χ2v) is 9.86. The molecule has 0 atom stereocenters. The van der Waals surface area contributed by atoms with Crippen LogP contribution in [0, 0.1) is 6.92 Å². The minimum atomic E-state index is -4.11. The van der Waals surface area contributed by atoms with Crippen LogP contribution < -0.4 is 20.2 Å². The molecular weight excluding hydrogens is 468 g/mol. The van der Waals surface area contributed by atoms with E-state index in [1.807, 2.05) is 6.92 Å². The largest absolute Gasteiger partial charge is 0.497 e. The Kier molecular flexibility index (Phi) is 6.61. The molecule has 0 saturated heterocycles. The number of fused-ring (bicyclic) bond motifs is 1. The molecule has 1 N–H and O–H groups in total. The second kappa shape index (κ2) is 9.63. The molecule has 1 heterocycles. The lowest BCUT2D eigenvalue weighted by molar-refractivity contribution is -0.116. The average molecular weight is 493 g/mol. The molecule has 180 valence electrons. The number of anilines is 1. The van der Waals surface area contributed by atoms with E-state index in [2.05, 4.69) is 5.32 Å². The summed E-state index contributed by atoms with van der Waals surface area (Å²) in [5, 5.41) is 2.99. The lowest BCUT2D eigenvalue weighted by atomic mass is 10.1. The third-order valence-corrected chi connectivity index (χ3v) is 7.26.